The first-order valence-corrected chi connectivity index (χ1v) is 4.01. The Hall–Kier alpha value is -0.490. The first-order chi connectivity index (χ1) is 6.20. The number of hydrogen-bond acceptors (Lipinski definition) is 4. The second-order valence-electron chi connectivity index (χ2n) is 2.78. The van der Waals surface area contributed by atoms with Gasteiger partial charge in [0, 0.05) is 0 Å². The zero-order chi connectivity index (χ0) is 9.84. The van der Waals surface area contributed by atoms with E-state index in [4.69, 9.17) is 19.7 Å². The maximum absolute atomic E-state index is 13.1. The van der Waals surface area contributed by atoms with Gasteiger partial charge in [-0.1, -0.05) is 6.08 Å². The number of aliphatic hydroxyl groups excluding tert-OH is 2. The molecule has 5 heteroatoms. The Balaban J connectivity index is 2.45. The van der Waals surface area contributed by atoms with Gasteiger partial charge in [0.2, 0.25) is 0 Å². The molecule has 1 aliphatic rings. The first kappa shape index (κ1) is 10.6. The highest BCUT2D eigenvalue weighted by Gasteiger charge is 2.44. The molecular formula is C8H13FO4. The summed E-state index contributed by atoms with van der Waals surface area (Å²) in [4.78, 5) is 0. The molecule has 1 heterocycles. The molecule has 0 amide bonds. The smallest absolute Gasteiger partial charge is 0.192 e. The van der Waals surface area contributed by atoms with Gasteiger partial charge in [0.25, 0.3) is 0 Å². The van der Waals surface area contributed by atoms with Crippen LogP contribution in [0.2, 0.25) is 0 Å². The number of alkyl halides is 1. The van der Waals surface area contributed by atoms with Crippen LogP contribution in [0.25, 0.3) is 0 Å². The minimum atomic E-state index is -1.61. The fourth-order valence-corrected chi connectivity index (χ4v) is 1.14. The maximum atomic E-state index is 13.1. The Morgan fingerprint density at radius 1 is 1.62 bits per heavy atom. The monoisotopic (exact) mass is 192 g/mol. The molecule has 1 aliphatic heterocycles. The second kappa shape index (κ2) is 4.66. The SMILES string of the molecule is C=CCOC1O[C@H](CO)[C@@H](O)[C@@H]1F. The van der Waals surface area contributed by atoms with Crippen molar-refractivity contribution in [1.82, 2.24) is 0 Å². The summed E-state index contributed by atoms with van der Waals surface area (Å²) in [6.45, 7) is 3.12. The molecule has 4 nitrogen and oxygen atoms in total. The van der Waals surface area contributed by atoms with Gasteiger partial charge in [-0.15, -0.1) is 6.58 Å². The third kappa shape index (κ3) is 2.25. The molecule has 0 spiro atoms. The third-order valence-corrected chi connectivity index (χ3v) is 1.83. The van der Waals surface area contributed by atoms with Gasteiger partial charge >= 0.3 is 0 Å². The van der Waals surface area contributed by atoms with E-state index in [0.29, 0.717) is 0 Å². The van der Waals surface area contributed by atoms with Crippen LogP contribution in [0.4, 0.5) is 4.39 Å². The van der Waals surface area contributed by atoms with Crippen LogP contribution < -0.4 is 0 Å². The van der Waals surface area contributed by atoms with E-state index in [0.717, 1.165) is 0 Å². The molecular weight excluding hydrogens is 179 g/mol. The largest absolute Gasteiger partial charge is 0.394 e. The highest BCUT2D eigenvalue weighted by molar-refractivity contribution is 4.87. The number of ether oxygens (including phenoxy) is 2. The van der Waals surface area contributed by atoms with Gasteiger partial charge in [-0.05, 0) is 0 Å². The van der Waals surface area contributed by atoms with Crippen LogP contribution in [0.5, 0.6) is 0 Å². The van der Waals surface area contributed by atoms with Crippen LogP contribution in [0, 0.1) is 0 Å². The van der Waals surface area contributed by atoms with E-state index >= 15 is 0 Å². The summed E-state index contributed by atoms with van der Waals surface area (Å²) in [5.74, 6) is 0. The van der Waals surface area contributed by atoms with Crippen molar-refractivity contribution < 1.29 is 24.1 Å². The lowest BCUT2D eigenvalue weighted by Crippen LogP contribution is -2.31. The van der Waals surface area contributed by atoms with E-state index < -0.39 is 31.3 Å². The number of rotatable bonds is 4. The molecule has 0 aliphatic carbocycles. The molecule has 1 unspecified atom stereocenters. The predicted molar refractivity (Wildman–Crippen MR) is 42.8 cm³/mol. The van der Waals surface area contributed by atoms with Crippen molar-refractivity contribution >= 4 is 0 Å². The summed E-state index contributed by atoms with van der Waals surface area (Å²) in [7, 11) is 0. The van der Waals surface area contributed by atoms with Crippen LogP contribution in [0.1, 0.15) is 0 Å². The quantitative estimate of drug-likeness (QED) is 0.595. The van der Waals surface area contributed by atoms with Crippen molar-refractivity contribution in [3.05, 3.63) is 12.7 Å². The Kier molecular flexibility index (Phi) is 3.80. The first-order valence-electron chi connectivity index (χ1n) is 4.01. The molecule has 0 radical (unpaired) electrons. The zero-order valence-electron chi connectivity index (χ0n) is 7.10. The number of aliphatic hydroxyl groups is 2. The van der Waals surface area contributed by atoms with Gasteiger partial charge in [-0.2, -0.15) is 0 Å². The minimum Gasteiger partial charge on any atom is -0.394 e. The molecule has 0 saturated carbocycles. The van der Waals surface area contributed by atoms with Crippen LogP contribution >= 0.6 is 0 Å². The summed E-state index contributed by atoms with van der Waals surface area (Å²) in [6, 6.07) is 0. The fraction of sp³-hybridized carbons (Fsp3) is 0.750. The molecule has 0 bridgehead atoms. The highest BCUT2D eigenvalue weighted by Crippen LogP contribution is 2.24. The summed E-state index contributed by atoms with van der Waals surface area (Å²) in [5, 5.41) is 17.8. The Morgan fingerprint density at radius 3 is 2.77 bits per heavy atom. The Morgan fingerprint density at radius 2 is 2.31 bits per heavy atom. The predicted octanol–water partition coefficient (Wildman–Crippen LogP) is -0.395. The fourth-order valence-electron chi connectivity index (χ4n) is 1.14. The van der Waals surface area contributed by atoms with Crippen molar-refractivity contribution in [3.8, 4) is 0 Å². The van der Waals surface area contributed by atoms with Gasteiger partial charge in [0.15, 0.2) is 12.5 Å². The minimum absolute atomic E-state index is 0.149. The maximum Gasteiger partial charge on any atom is 0.192 e. The van der Waals surface area contributed by atoms with Crippen LogP contribution in [-0.2, 0) is 9.47 Å². The normalized spacial score (nSPS) is 39.3. The average Bonchev–Trinajstić information content (AvgIpc) is 2.41. The van der Waals surface area contributed by atoms with Crippen LogP contribution in [0.15, 0.2) is 12.7 Å². The van der Waals surface area contributed by atoms with Gasteiger partial charge in [-0.25, -0.2) is 4.39 Å². The van der Waals surface area contributed by atoms with Crippen LogP contribution in [0.3, 0.4) is 0 Å². The lowest BCUT2D eigenvalue weighted by atomic mass is 10.2. The van der Waals surface area contributed by atoms with Crippen molar-refractivity contribution in [1.29, 1.82) is 0 Å². The van der Waals surface area contributed by atoms with Crippen LogP contribution in [-0.4, -0.2) is 48.1 Å². The van der Waals surface area contributed by atoms with Gasteiger partial charge in [-0.3, -0.25) is 0 Å². The molecule has 76 valence electrons. The van der Waals surface area contributed by atoms with E-state index in [1.807, 2.05) is 0 Å². The second-order valence-corrected chi connectivity index (χ2v) is 2.78. The van der Waals surface area contributed by atoms with E-state index in [-0.39, 0.29) is 6.61 Å². The van der Waals surface area contributed by atoms with E-state index in [9.17, 15) is 4.39 Å². The van der Waals surface area contributed by atoms with Crippen molar-refractivity contribution in [2.24, 2.45) is 0 Å². The summed E-state index contributed by atoms with van der Waals surface area (Å²) in [6.07, 6.45) is -3.48. The highest BCUT2D eigenvalue weighted by atomic mass is 19.1. The number of hydrogen-bond donors (Lipinski definition) is 2. The lowest BCUT2D eigenvalue weighted by molar-refractivity contribution is -0.151. The summed E-state index contributed by atoms with van der Waals surface area (Å²) >= 11 is 0. The Labute approximate surface area is 75.6 Å². The molecule has 1 fully saturated rings. The molecule has 1 saturated heterocycles. The summed E-state index contributed by atoms with van der Waals surface area (Å²) < 4.78 is 22.9. The summed E-state index contributed by atoms with van der Waals surface area (Å²) in [5.41, 5.74) is 0. The van der Waals surface area contributed by atoms with E-state index in [1.54, 1.807) is 0 Å². The standard InChI is InChI=1S/C8H13FO4/c1-2-3-12-8-6(9)7(11)5(4-10)13-8/h2,5-8,10-11H,1,3-4H2/t5-,6+,7-,8?/m1/s1. The topological polar surface area (TPSA) is 58.9 Å². The molecule has 0 aromatic carbocycles. The van der Waals surface area contributed by atoms with Gasteiger partial charge < -0.3 is 19.7 Å². The van der Waals surface area contributed by atoms with E-state index in [2.05, 4.69) is 6.58 Å². The molecule has 1 rings (SSSR count). The van der Waals surface area contributed by atoms with Crippen molar-refractivity contribution in [2.75, 3.05) is 13.2 Å². The molecule has 13 heavy (non-hydrogen) atoms. The molecule has 2 N–H and O–H groups in total. The van der Waals surface area contributed by atoms with Crippen molar-refractivity contribution in [2.45, 2.75) is 24.7 Å². The third-order valence-electron chi connectivity index (χ3n) is 1.83. The van der Waals surface area contributed by atoms with Gasteiger partial charge in [0.05, 0.1) is 13.2 Å². The molecule has 0 aromatic rings. The molecule has 4 atom stereocenters. The zero-order valence-corrected chi connectivity index (χ0v) is 7.10. The lowest BCUT2D eigenvalue weighted by Gasteiger charge is -2.11. The average molecular weight is 192 g/mol. The number of halogens is 1. The van der Waals surface area contributed by atoms with Gasteiger partial charge in [0.1, 0.15) is 12.2 Å². The van der Waals surface area contributed by atoms with Crippen molar-refractivity contribution in [3.63, 3.8) is 0 Å². The van der Waals surface area contributed by atoms with E-state index in [1.165, 1.54) is 6.08 Å². The Bertz CT molecular complexity index is 176. The molecule has 0 aromatic heterocycles.